The van der Waals surface area contributed by atoms with E-state index in [2.05, 4.69) is 10.8 Å². The van der Waals surface area contributed by atoms with Crippen LogP contribution in [0, 0.1) is 18.3 Å². The van der Waals surface area contributed by atoms with Gasteiger partial charge in [0.2, 0.25) is 0 Å². The molecule has 0 amide bonds. The van der Waals surface area contributed by atoms with Crippen molar-refractivity contribution in [3.05, 3.63) is 28.8 Å². The van der Waals surface area contributed by atoms with Gasteiger partial charge in [0, 0.05) is 22.8 Å². The Morgan fingerprint density at radius 1 is 1.53 bits per heavy atom. The molecule has 0 aliphatic heterocycles. The van der Waals surface area contributed by atoms with Crippen LogP contribution >= 0.6 is 11.6 Å². The van der Waals surface area contributed by atoms with Crippen molar-refractivity contribution in [2.45, 2.75) is 12.8 Å². The van der Waals surface area contributed by atoms with E-state index in [9.17, 15) is 4.79 Å². The van der Waals surface area contributed by atoms with E-state index in [4.69, 9.17) is 18.0 Å². The molecule has 0 saturated heterocycles. The highest BCUT2D eigenvalue weighted by molar-refractivity contribution is 6.31. The van der Waals surface area contributed by atoms with E-state index < -0.39 is 0 Å². The summed E-state index contributed by atoms with van der Waals surface area (Å²) in [7, 11) is 0. The number of terminal acetylenes is 1. The standard InChI is InChI=1S/C14H14ClNO/c1-2-7-16(9-11-3-4-11)14-8-13(15)6-5-12(14)10-17/h1,5-6,8,10-11H,3-4,7,9H2. The largest absolute Gasteiger partial charge is 0.359 e. The number of aldehydes is 1. The van der Waals surface area contributed by atoms with Crippen LogP contribution in [0.15, 0.2) is 18.2 Å². The zero-order valence-corrected chi connectivity index (χ0v) is 10.3. The van der Waals surface area contributed by atoms with Crippen LogP contribution < -0.4 is 4.90 Å². The van der Waals surface area contributed by atoms with E-state index in [-0.39, 0.29) is 0 Å². The maximum atomic E-state index is 11.0. The van der Waals surface area contributed by atoms with Gasteiger partial charge in [-0.05, 0) is 37.0 Å². The van der Waals surface area contributed by atoms with Gasteiger partial charge in [-0.3, -0.25) is 4.79 Å². The Balaban J connectivity index is 2.29. The number of anilines is 1. The van der Waals surface area contributed by atoms with Gasteiger partial charge in [0.25, 0.3) is 0 Å². The molecule has 1 aliphatic rings. The van der Waals surface area contributed by atoms with E-state index in [1.54, 1.807) is 12.1 Å². The Hall–Kier alpha value is -1.46. The van der Waals surface area contributed by atoms with E-state index in [1.165, 1.54) is 12.8 Å². The van der Waals surface area contributed by atoms with Crippen LogP contribution in [0.5, 0.6) is 0 Å². The highest BCUT2D eigenvalue weighted by atomic mass is 35.5. The third-order valence-corrected chi connectivity index (χ3v) is 3.15. The average molecular weight is 248 g/mol. The predicted octanol–water partition coefficient (Wildman–Crippen LogP) is 3.00. The van der Waals surface area contributed by atoms with Gasteiger partial charge in [-0.15, -0.1) is 6.42 Å². The van der Waals surface area contributed by atoms with Crippen molar-refractivity contribution in [1.82, 2.24) is 0 Å². The number of halogens is 1. The lowest BCUT2D eigenvalue weighted by molar-refractivity contribution is 0.112. The first kappa shape index (κ1) is 12.0. The third kappa shape index (κ3) is 3.01. The second-order valence-corrected chi connectivity index (χ2v) is 4.79. The van der Waals surface area contributed by atoms with Gasteiger partial charge in [0.05, 0.1) is 6.54 Å². The Bertz CT molecular complexity index is 460. The van der Waals surface area contributed by atoms with Crippen molar-refractivity contribution in [1.29, 1.82) is 0 Å². The van der Waals surface area contributed by atoms with Crippen LogP contribution in [-0.4, -0.2) is 19.4 Å². The molecule has 0 spiro atoms. The van der Waals surface area contributed by atoms with Crippen LogP contribution in [0.3, 0.4) is 0 Å². The number of carbonyl (C=O) groups is 1. The van der Waals surface area contributed by atoms with Crippen molar-refractivity contribution in [2.75, 3.05) is 18.0 Å². The summed E-state index contributed by atoms with van der Waals surface area (Å²) >= 11 is 5.98. The second kappa shape index (κ2) is 5.25. The zero-order chi connectivity index (χ0) is 12.3. The molecule has 0 unspecified atom stereocenters. The number of carbonyl (C=O) groups excluding carboxylic acids is 1. The fraction of sp³-hybridized carbons (Fsp3) is 0.357. The molecular formula is C14H14ClNO. The van der Waals surface area contributed by atoms with Crippen molar-refractivity contribution in [3.8, 4) is 12.3 Å². The fourth-order valence-corrected chi connectivity index (χ4v) is 2.03. The minimum atomic E-state index is 0.512. The SMILES string of the molecule is C#CCN(CC1CC1)c1cc(Cl)ccc1C=O. The normalized spacial score (nSPS) is 14.1. The zero-order valence-electron chi connectivity index (χ0n) is 9.53. The molecule has 88 valence electrons. The van der Waals surface area contributed by atoms with Gasteiger partial charge < -0.3 is 4.90 Å². The van der Waals surface area contributed by atoms with Gasteiger partial charge in [-0.25, -0.2) is 0 Å². The molecule has 1 fully saturated rings. The minimum Gasteiger partial charge on any atom is -0.359 e. The van der Waals surface area contributed by atoms with Gasteiger partial charge in [-0.1, -0.05) is 17.5 Å². The van der Waals surface area contributed by atoms with Crippen molar-refractivity contribution in [2.24, 2.45) is 5.92 Å². The molecule has 0 atom stereocenters. The highest BCUT2D eigenvalue weighted by Gasteiger charge is 2.25. The van der Waals surface area contributed by atoms with Crippen LogP contribution in [0.1, 0.15) is 23.2 Å². The minimum absolute atomic E-state index is 0.512. The number of hydrogen-bond donors (Lipinski definition) is 0. The Labute approximate surface area is 107 Å². The summed E-state index contributed by atoms with van der Waals surface area (Å²) in [5.41, 5.74) is 1.49. The quantitative estimate of drug-likeness (QED) is 0.589. The first-order chi connectivity index (χ1) is 8.24. The second-order valence-electron chi connectivity index (χ2n) is 4.35. The van der Waals surface area contributed by atoms with Gasteiger partial charge in [0.15, 0.2) is 6.29 Å². The number of hydrogen-bond acceptors (Lipinski definition) is 2. The molecule has 2 nitrogen and oxygen atoms in total. The molecule has 1 aromatic carbocycles. The Morgan fingerprint density at radius 3 is 2.88 bits per heavy atom. The lowest BCUT2D eigenvalue weighted by Gasteiger charge is -2.24. The molecule has 0 radical (unpaired) electrons. The predicted molar refractivity (Wildman–Crippen MR) is 70.6 cm³/mol. The highest BCUT2D eigenvalue weighted by Crippen LogP contribution is 2.32. The molecule has 1 aromatic rings. The molecule has 1 aliphatic carbocycles. The summed E-state index contributed by atoms with van der Waals surface area (Å²) in [6.07, 6.45) is 8.72. The Kier molecular flexibility index (Phi) is 3.71. The van der Waals surface area contributed by atoms with E-state index in [0.29, 0.717) is 23.0 Å². The third-order valence-electron chi connectivity index (χ3n) is 2.92. The molecule has 2 rings (SSSR count). The van der Waals surface area contributed by atoms with Crippen LogP contribution in [-0.2, 0) is 0 Å². The number of rotatable bonds is 5. The maximum absolute atomic E-state index is 11.0. The summed E-state index contributed by atoms with van der Waals surface area (Å²) in [5, 5.41) is 0.628. The number of benzene rings is 1. The lowest BCUT2D eigenvalue weighted by atomic mass is 10.1. The van der Waals surface area contributed by atoms with Crippen LogP contribution in [0.2, 0.25) is 5.02 Å². The Morgan fingerprint density at radius 2 is 2.29 bits per heavy atom. The fourth-order valence-electron chi connectivity index (χ4n) is 1.86. The van der Waals surface area contributed by atoms with E-state index in [1.807, 2.05) is 6.07 Å². The first-order valence-corrected chi connectivity index (χ1v) is 6.05. The summed E-state index contributed by atoms with van der Waals surface area (Å²) in [6.45, 7) is 1.42. The smallest absolute Gasteiger partial charge is 0.152 e. The van der Waals surface area contributed by atoms with Crippen molar-refractivity contribution < 1.29 is 4.79 Å². The van der Waals surface area contributed by atoms with Gasteiger partial charge in [-0.2, -0.15) is 0 Å². The van der Waals surface area contributed by atoms with Gasteiger partial charge in [0.1, 0.15) is 0 Å². The van der Waals surface area contributed by atoms with E-state index >= 15 is 0 Å². The monoisotopic (exact) mass is 247 g/mol. The summed E-state index contributed by atoms with van der Waals surface area (Å²) in [5.74, 6) is 3.35. The molecule has 0 N–H and O–H groups in total. The number of nitrogens with zero attached hydrogens (tertiary/aromatic N) is 1. The molecular weight excluding hydrogens is 234 g/mol. The topological polar surface area (TPSA) is 20.3 Å². The van der Waals surface area contributed by atoms with Gasteiger partial charge >= 0.3 is 0 Å². The van der Waals surface area contributed by atoms with E-state index in [0.717, 1.165) is 18.5 Å². The van der Waals surface area contributed by atoms with Crippen molar-refractivity contribution >= 4 is 23.6 Å². The molecule has 3 heteroatoms. The maximum Gasteiger partial charge on any atom is 0.152 e. The average Bonchev–Trinajstić information content (AvgIpc) is 3.12. The summed E-state index contributed by atoms with van der Waals surface area (Å²) in [6, 6.07) is 5.27. The lowest BCUT2D eigenvalue weighted by Crippen LogP contribution is -2.27. The van der Waals surface area contributed by atoms with Crippen LogP contribution in [0.25, 0.3) is 0 Å². The van der Waals surface area contributed by atoms with Crippen LogP contribution in [0.4, 0.5) is 5.69 Å². The van der Waals surface area contributed by atoms with Crippen molar-refractivity contribution in [3.63, 3.8) is 0 Å². The molecule has 0 heterocycles. The summed E-state index contributed by atoms with van der Waals surface area (Å²) in [4.78, 5) is 13.1. The molecule has 17 heavy (non-hydrogen) atoms. The molecule has 1 saturated carbocycles. The molecule has 0 aromatic heterocycles. The summed E-state index contributed by atoms with van der Waals surface area (Å²) < 4.78 is 0. The first-order valence-electron chi connectivity index (χ1n) is 5.67. The molecule has 0 bridgehead atoms.